The molecule has 1 amide bonds. The molecule has 5 rings (SSSR count). The molecule has 13 heteroatoms. The van der Waals surface area contributed by atoms with Crippen molar-refractivity contribution in [2.45, 2.75) is 45.2 Å². The van der Waals surface area contributed by atoms with Gasteiger partial charge in [0.15, 0.2) is 0 Å². The summed E-state index contributed by atoms with van der Waals surface area (Å²) in [5, 5.41) is 9.35. The van der Waals surface area contributed by atoms with Gasteiger partial charge in [-0.15, -0.1) is 0 Å². The Morgan fingerprint density at radius 3 is 2.33 bits per heavy atom. The molecular formula is C32H35F5N4O3S. The number of benzene rings is 3. The van der Waals surface area contributed by atoms with Crippen LogP contribution in [0.1, 0.15) is 49.1 Å². The van der Waals surface area contributed by atoms with Crippen molar-refractivity contribution < 1.29 is 36.6 Å². The van der Waals surface area contributed by atoms with E-state index in [2.05, 4.69) is 27.8 Å². The highest BCUT2D eigenvalue weighted by atomic mass is 32.1. The second-order valence-corrected chi connectivity index (χ2v) is 11.1. The summed E-state index contributed by atoms with van der Waals surface area (Å²) in [5.74, 6) is -1.89. The summed E-state index contributed by atoms with van der Waals surface area (Å²) in [5.41, 5.74) is 2.29. The number of rotatable bonds is 4. The van der Waals surface area contributed by atoms with Crippen molar-refractivity contribution in [1.29, 1.82) is 0 Å². The van der Waals surface area contributed by atoms with Crippen molar-refractivity contribution >= 4 is 41.9 Å². The summed E-state index contributed by atoms with van der Waals surface area (Å²) >= 11 is 3.54. The molecule has 7 nitrogen and oxygen atoms in total. The van der Waals surface area contributed by atoms with E-state index in [0.29, 0.717) is 24.5 Å². The monoisotopic (exact) mass is 650 g/mol. The fourth-order valence-electron chi connectivity index (χ4n) is 5.71. The third-order valence-corrected chi connectivity index (χ3v) is 8.03. The summed E-state index contributed by atoms with van der Waals surface area (Å²) in [7, 11) is 3.67. The number of aromatic nitrogens is 2. The number of aryl methyl sites for hydroxylation is 2. The van der Waals surface area contributed by atoms with E-state index in [9.17, 15) is 22.4 Å². The normalized spacial score (nSPS) is 17.9. The Bertz CT molecular complexity index is 1640. The minimum absolute atomic E-state index is 0.101. The molecule has 1 aliphatic carbocycles. The Hall–Kier alpha value is -3.97. The quantitative estimate of drug-likeness (QED) is 0.103. The van der Waals surface area contributed by atoms with Crippen LogP contribution in [-0.4, -0.2) is 34.1 Å². The van der Waals surface area contributed by atoms with Crippen molar-refractivity contribution in [1.82, 2.24) is 14.3 Å². The lowest BCUT2D eigenvalue weighted by molar-refractivity contribution is -0.137. The predicted molar refractivity (Wildman–Crippen MR) is 167 cm³/mol. The van der Waals surface area contributed by atoms with Gasteiger partial charge in [-0.1, -0.05) is 44.4 Å². The molecular weight excluding hydrogens is 615 g/mol. The van der Waals surface area contributed by atoms with Gasteiger partial charge >= 0.3 is 6.18 Å². The van der Waals surface area contributed by atoms with E-state index >= 15 is 4.39 Å². The van der Waals surface area contributed by atoms with Crippen molar-refractivity contribution in [3.05, 3.63) is 83.2 Å². The van der Waals surface area contributed by atoms with Crippen molar-refractivity contribution in [2.75, 3.05) is 12.4 Å². The molecule has 0 radical (unpaired) electrons. The smallest absolute Gasteiger partial charge is 0.416 e. The molecule has 0 aliphatic heterocycles. The number of alkyl halides is 3. The van der Waals surface area contributed by atoms with Crippen LogP contribution in [0.15, 0.2) is 54.6 Å². The highest BCUT2D eigenvalue weighted by molar-refractivity contribution is 7.78. The van der Waals surface area contributed by atoms with Crippen molar-refractivity contribution in [3.8, 4) is 11.1 Å². The highest BCUT2D eigenvalue weighted by Gasteiger charge is 2.36. The van der Waals surface area contributed by atoms with Gasteiger partial charge in [0.25, 0.3) is 6.47 Å². The molecule has 3 N–H and O–H groups in total. The molecule has 3 aromatic carbocycles. The van der Waals surface area contributed by atoms with Crippen LogP contribution in [0, 0.1) is 30.4 Å². The molecule has 4 aromatic rings. The van der Waals surface area contributed by atoms with Crippen LogP contribution >= 0.6 is 12.8 Å². The van der Waals surface area contributed by atoms with Crippen LogP contribution in [0.4, 0.5) is 27.6 Å². The molecule has 2 unspecified atom stereocenters. The summed E-state index contributed by atoms with van der Waals surface area (Å²) in [6.45, 7) is 3.56. The number of carboxylic acid groups (broad SMARTS) is 1. The molecule has 1 fully saturated rings. The lowest BCUT2D eigenvalue weighted by atomic mass is 9.70. The zero-order chi connectivity index (χ0) is 33.5. The van der Waals surface area contributed by atoms with Crippen LogP contribution in [0.3, 0.4) is 0 Å². The van der Waals surface area contributed by atoms with E-state index in [1.54, 1.807) is 13.1 Å². The third kappa shape index (κ3) is 8.40. The average Bonchev–Trinajstić information content (AvgIpc) is 3.26. The fraction of sp³-hybridized carbons (Fsp3) is 0.344. The van der Waals surface area contributed by atoms with Crippen LogP contribution in [0.25, 0.3) is 22.2 Å². The molecule has 45 heavy (non-hydrogen) atoms. The van der Waals surface area contributed by atoms with Gasteiger partial charge in [0.2, 0.25) is 5.91 Å². The molecule has 1 heterocycles. The van der Waals surface area contributed by atoms with Crippen LogP contribution in [0.5, 0.6) is 0 Å². The van der Waals surface area contributed by atoms with Crippen LogP contribution < -0.4 is 10.0 Å². The lowest BCUT2D eigenvalue weighted by Crippen LogP contribution is -2.34. The first-order valence-electron chi connectivity index (χ1n) is 14.1. The zero-order valence-corrected chi connectivity index (χ0v) is 26.0. The molecule has 0 spiro atoms. The van der Waals surface area contributed by atoms with Gasteiger partial charge in [-0.2, -0.15) is 13.2 Å². The second kappa shape index (κ2) is 15.3. The second-order valence-electron chi connectivity index (χ2n) is 10.7. The number of nitrogens with zero attached hydrogens (tertiary/aromatic N) is 2. The maximum atomic E-state index is 15.4. The van der Waals surface area contributed by atoms with Crippen LogP contribution in [0.2, 0.25) is 0 Å². The van der Waals surface area contributed by atoms with Gasteiger partial charge in [0.05, 0.1) is 22.3 Å². The average molecular weight is 651 g/mol. The largest absolute Gasteiger partial charge is 0.483 e. The maximum absolute atomic E-state index is 15.4. The van der Waals surface area contributed by atoms with Crippen molar-refractivity contribution in [3.63, 3.8) is 0 Å². The first-order chi connectivity index (χ1) is 21.3. The number of thiol groups is 1. The summed E-state index contributed by atoms with van der Waals surface area (Å²) in [4.78, 5) is 25.9. The predicted octanol–water partition coefficient (Wildman–Crippen LogP) is 7.76. The minimum atomic E-state index is -4.68. The fourth-order valence-corrected chi connectivity index (χ4v) is 5.71. The summed E-state index contributed by atoms with van der Waals surface area (Å²) in [6, 6.07) is 12.8. The number of nitrogens with one attached hydrogen (secondary N) is 2. The molecule has 3 atom stereocenters. The number of hydrogen-bond donors (Lipinski definition) is 4. The first kappa shape index (κ1) is 35.5. The molecule has 0 saturated heterocycles. The van der Waals surface area contributed by atoms with Gasteiger partial charge < -0.3 is 15.0 Å². The van der Waals surface area contributed by atoms with Crippen LogP contribution in [-0.2, 0) is 22.8 Å². The number of imidazole rings is 1. The number of anilines is 1. The van der Waals surface area contributed by atoms with Crippen molar-refractivity contribution in [2.24, 2.45) is 18.9 Å². The van der Waals surface area contributed by atoms with E-state index in [1.165, 1.54) is 6.07 Å². The van der Waals surface area contributed by atoms with E-state index < -0.39 is 29.4 Å². The minimum Gasteiger partial charge on any atom is -0.483 e. The lowest BCUT2D eigenvalue weighted by Gasteiger charge is -2.35. The molecule has 242 valence electrons. The number of fused-ring (bicyclic) bond motifs is 1. The summed E-state index contributed by atoms with van der Waals surface area (Å²) < 4.78 is 72.7. The van der Waals surface area contributed by atoms with Gasteiger partial charge in [0, 0.05) is 18.5 Å². The topological polar surface area (TPSA) is 96.3 Å². The van der Waals surface area contributed by atoms with Gasteiger partial charge in [-0.3, -0.25) is 14.3 Å². The molecule has 1 aromatic heterocycles. The van der Waals surface area contributed by atoms with Gasteiger partial charge in [0.1, 0.15) is 17.5 Å². The van der Waals surface area contributed by atoms with E-state index in [4.69, 9.17) is 9.90 Å². The SMILES string of the molecule is CNS.Cc1nc2cc(-c3ccc(C4CCCC(C(=O)Nc5ccc(C(F)(F)F)cc5F)[C@@H]4C)cc3F)ccc2n1C.O=CO. The first-order valence-corrected chi connectivity index (χ1v) is 14.5. The maximum Gasteiger partial charge on any atom is 0.416 e. The Kier molecular flexibility index (Phi) is 12.1. The number of carbonyl (C=O) groups is 2. The summed E-state index contributed by atoms with van der Waals surface area (Å²) in [6.07, 6.45) is -2.65. The Labute approximate surface area is 263 Å². The van der Waals surface area contributed by atoms with E-state index in [-0.39, 0.29) is 29.8 Å². The molecule has 0 bridgehead atoms. The molecule has 1 saturated carbocycles. The number of amides is 1. The highest BCUT2D eigenvalue weighted by Crippen LogP contribution is 2.43. The number of hydrogen-bond acceptors (Lipinski definition) is 5. The zero-order valence-electron chi connectivity index (χ0n) is 25.1. The number of carbonyl (C=O) groups excluding carboxylic acids is 1. The van der Waals surface area contributed by atoms with E-state index in [1.807, 2.05) is 49.7 Å². The number of halogens is 5. The van der Waals surface area contributed by atoms with E-state index in [0.717, 1.165) is 46.5 Å². The standard InChI is InChI=1S/C30H28F5N3O.CH5NS.CH2O2/c1-16-21(5-4-6-22(16)29(39)37-26-11-9-20(15-25(26)32)30(33,34)35)18-7-10-23(24(31)13-18)19-8-12-28-27(14-19)36-17(2)38(28)3;1-2-3;2-1-3/h7-16,21-22H,4-6H2,1-3H3,(H,37,39);2-3H,1H3;1H,(H,2,3)/t16-,21?,22?;;/m1../s1. The Morgan fingerprint density at radius 2 is 1.73 bits per heavy atom. The molecule has 1 aliphatic rings. The third-order valence-electron chi connectivity index (χ3n) is 8.03. The Balaban J connectivity index is 0.000000853. The Morgan fingerprint density at radius 1 is 1.07 bits per heavy atom. The van der Waals surface area contributed by atoms with Gasteiger partial charge in [-0.25, -0.2) is 13.8 Å². The van der Waals surface area contributed by atoms with Gasteiger partial charge in [-0.05, 0) is 86.2 Å².